The SMILES string of the molecule is C=CCC1=Cc2ccccc2[CH]1[Mg][CH]1C(CC=C)=Cc2ccccc21. The first-order chi connectivity index (χ1) is 12.3. The first-order valence-electron chi connectivity index (χ1n) is 9.12. The summed E-state index contributed by atoms with van der Waals surface area (Å²) in [5, 5.41) is 0. The molecule has 2 atom stereocenters. The maximum absolute atomic E-state index is 3.98. The van der Waals surface area contributed by atoms with Gasteiger partial charge in [0.1, 0.15) is 0 Å². The molecule has 0 spiro atoms. The monoisotopic (exact) mass is 334 g/mol. The first-order valence-corrected chi connectivity index (χ1v) is 10.8. The maximum Gasteiger partial charge on any atom is 0.400 e. The summed E-state index contributed by atoms with van der Waals surface area (Å²) in [6.07, 6.45) is 10.9. The Kier molecular flexibility index (Phi) is 4.78. The molecular formula is C24H22Mg. The highest BCUT2D eigenvalue weighted by atomic mass is 24.5. The van der Waals surface area contributed by atoms with E-state index < -0.39 is 20.4 Å². The molecule has 25 heavy (non-hydrogen) atoms. The fourth-order valence-electron chi connectivity index (χ4n) is 4.45. The van der Waals surface area contributed by atoms with Crippen molar-refractivity contribution < 1.29 is 0 Å². The van der Waals surface area contributed by atoms with Gasteiger partial charge in [0.05, 0.1) is 0 Å². The van der Waals surface area contributed by atoms with E-state index >= 15 is 0 Å². The summed E-state index contributed by atoms with van der Waals surface area (Å²) in [6.45, 7) is 7.97. The van der Waals surface area contributed by atoms with Crippen molar-refractivity contribution in [1.82, 2.24) is 0 Å². The van der Waals surface area contributed by atoms with Gasteiger partial charge >= 0.3 is 20.4 Å². The predicted octanol–water partition coefficient (Wildman–Crippen LogP) is 6.12. The van der Waals surface area contributed by atoms with Crippen molar-refractivity contribution >= 4 is 32.5 Å². The first kappa shape index (κ1) is 16.6. The molecule has 4 rings (SSSR count). The van der Waals surface area contributed by atoms with Gasteiger partial charge in [0, 0.05) is 0 Å². The fraction of sp³-hybridized carbons (Fsp3) is 0.167. The van der Waals surface area contributed by atoms with Gasteiger partial charge in [-0.3, -0.25) is 0 Å². The molecule has 2 aliphatic rings. The molecule has 2 aliphatic carbocycles. The summed E-state index contributed by atoms with van der Waals surface area (Å²) in [6, 6.07) is 17.9. The summed E-state index contributed by atoms with van der Waals surface area (Å²) in [5.74, 6) is 0. The Morgan fingerprint density at radius 2 is 1.16 bits per heavy atom. The molecule has 2 aromatic rings. The summed E-state index contributed by atoms with van der Waals surface area (Å²) in [5.41, 5.74) is 9.02. The van der Waals surface area contributed by atoms with E-state index in [-0.39, 0.29) is 0 Å². The van der Waals surface area contributed by atoms with Crippen LogP contribution in [0.25, 0.3) is 12.2 Å². The van der Waals surface area contributed by atoms with Crippen LogP contribution < -0.4 is 0 Å². The predicted molar refractivity (Wildman–Crippen MR) is 110 cm³/mol. The normalized spacial score (nSPS) is 20.2. The molecule has 120 valence electrons. The van der Waals surface area contributed by atoms with E-state index in [2.05, 4.69) is 86.0 Å². The Bertz CT molecular complexity index is 811. The maximum atomic E-state index is 3.98. The second-order valence-electron chi connectivity index (χ2n) is 7.02. The Morgan fingerprint density at radius 1 is 0.720 bits per heavy atom. The van der Waals surface area contributed by atoms with E-state index in [1.54, 1.807) is 11.1 Å². The molecule has 0 saturated carbocycles. The van der Waals surface area contributed by atoms with Gasteiger partial charge in [-0.05, 0) is 24.0 Å². The molecule has 0 heterocycles. The van der Waals surface area contributed by atoms with E-state index in [0.29, 0.717) is 8.09 Å². The fourth-order valence-corrected chi connectivity index (χ4v) is 7.34. The van der Waals surface area contributed by atoms with Crippen molar-refractivity contribution in [3.8, 4) is 0 Å². The van der Waals surface area contributed by atoms with Crippen LogP contribution in [0.5, 0.6) is 0 Å². The zero-order chi connectivity index (χ0) is 17.2. The van der Waals surface area contributed by atoms with Crippen LogP contribution in [-0.4, -0.2) is 20.4 Å². The van der Waals surface area contributed by atoms with Crippen LogP contribution in [0, 0.1) is 0 Å². The summed E-state index contributed by atoms with van der Waals surface area (Å²) in [4.78, 5) is 0. The van der Waals surface area contributed by atoms with Crippen molar-refractivity contribution in [3.63, 3.8) is 0 Å². The second-order valence-corrected chi connectivity index (χ2v) is 9.13. The van der Waals surface area contributed by atoms with Crippen molar-refractivity contribution in [2.24, 2.45) is 0 Å². The van der Waals surface area contributed by atoms with Gasteiger partial charge in [0.2, 0.25) is 0 Å². The average molecular weight is 335 g/mol. The zero-order valence-electron chi connectivity index (χ0n) is 14.6. The lowest BCUT2D eigenvalue weighted by Gasteiger charge is -2.22. The molecule has 1 heteroatoms. The van der Waals surface area contributed by atoms with Gasteiger partial charge in [-0.25, -0.2) is 0 Å². The zero-order valence-corrected chi connectivity index (χ0v) is 16.0. The van der Waals surface area contributed by atoms with Gasteiger partial charge in [-0.15, -0.1) is 13.2 Å². The quantitative estimate of drug-likeness (QED) is 0.441. The molecule has 0 N–H and O–H groups in total. The van der Waals surface area contributed by atoms with Gasteiger partial charge in [0.25, 0.3) is 0 Å². The second kappa shape index (κ2) is 7.19. The van der Waals surface area contributed by atoms with Gasteiger partial charge < -0.3 is 0 Å². The van der Waals surface area contributed by atoms with E-state index in [1.165, 1.54) is 22.3 Å². The Balaban J connectivity index is 1.70. The van der Waals surface area contributed by atoms with Crippen molar-refractivity contribution in [3.05, 3.63) is 107 Å². The number of benzene rings is 2. The molecule has 0 amide bonds. The van der Waals surface area contributed by atoms with Crippen molar-refractivity contribution in [1.29, 1.82) is 0 Å². The molecule has 2 aromatic carbocycles. The minimum atomic E-state index is -0.421. The molecule has 0 saturated heterocycles. The van der Waals surface area contributed by atoms with Gasteiger partial charge in [-0.2, -0.15) is 0 Å². The van der Waals surface area contributed by atoms with Crippen LogP contribution in [-0.2, 0) is 0 Å². The number of hydrogen-bond acceptors (Lipinski definition) is 0. The Morgan fingerprint density at radius 3 is 1.60 bits per heavy atom. The molecular weight excluding hydrogens is 313 g/mol. The lowest BCUT2D eigenvalue weighted by Crippen LogP contribution is -2.18. The van der Waals surface area contributed by atoms with E-state index in [4.69, 9.17) is 0 Å². The summed E-state index contributed by atoms with van der Waals surface area (Å²) >= 11 is -0.421. The summed E-state index contributed by atoms with van der Waals surface area (Å²) in [7, 11) is 0. The number of hydrogen-bond donors (Lipinski definition) is 0. The highest BCUT2D eigenvalue weighted by molar-refractivity contribution is 6.43. The summed E-state index contributed by atoms with van der Waals surface area (Å²) < 4.78 is 1.25. The van der Waals surface area contributed by atoms with Gasteiger partial charge in [-0.1, -0.05) is 103 Å². The van der Waals surface area contributed by atoms with Crippen LogP contribution in [0.4, 0.5) is 0 Å². The topological polar surface area (TPSA) is 0 Å². The minimum absolute atomic E-state index is 0.421. The molecule has 0 fully saturated rings. The third kappa shape index (κ3) is 3.07. The third-order valence-corrected chi connectivity index (χ3v) is 8.42. The standard InChI is InChI=1S/2C12H11.Mg/c2*1-2-5-10-8-11-6-3-4-7-12(11)9-10;/h2*2-4,6-9H,1,5H2;. The Hall–Kier alpha value is -1.83. The molecule has 2 unspecified atom stereocenters. The molecule has 0 nitrogen and oxygen atoms in total. The lowest BCUT2D eigenvalue weighted by atomic mass is 10.1. The van der Waals surface area contributed by atoms with Crippen molar-refractivity contribution in [2.75, 3.05) is 0 Å². The molecule has 0 bridgehead atoms. The number of rotatable bonds is 6. The minimum Gasteiger partial charge on any atom is -0.103 e. The number of fused-ring (bicyclic) bond motifs is 2. The molecule has 0 aliphatic heterocycles. The molecule has 0 aromatic heterocycles. The van der Waals surface area contributed by atoms with E-state index in [1.807, 2.05) is 0 Å². The van der Waals surface area contributed by atoms with Crippen LogP contribution in [0.15, 0.2) is 85.0 Å². The smallest absolute Gasteiger partial charge is 0.103 e. The van der Waals surface area contributed by atoms with Crippen molar-refractivity contribution in [2.45, 2.75) is 20.9 Å². The highest BCUT2D eigenvalue weighted by Gasteiger charge is 2.33. The largest absolute Gasteiger partial charge is 0.400 e. The van der Waals surface area contributed by atoms with Crippen LogP contribution >= 0.6 is 0 Å². The number of allylic oxidation sites excluding steroid dienone is 4. The Labute approximate surface area is 160 Å². The van der Waals surface area contributed by atoms with E-state index in [0.717, 1.165) is 12.8 Å². The highest BCUT2D eigenvalue weighted by Crippen LogP contribution is 2.44. The van der Waals surface area contributed by atoms with Crippen LogP contribution in [0.2, 0.25) is 0 Å². The third-order valence-electron chi connectivity index (χ3n) is 5.55. The van der Waals surface area contributed by atoms with Gasteiger partial charge in [0.15, 0.2) is 0 Å². The van der Waals surface area contributed by atoms with E-state index in [9.17, 15) is 0 Å². The molecule has 0 radical (unpaired) electrons. The average Bonchev–Trinajstić information content (AvgIpc) is 3.15. The van der Waals surface area contributed by atoms with Crippen LogP contribution in [0.3, 0.4) is 0 Å². The van der Waals surface area contributed by atoms with Crippen LogP contribution in [0.1, 0.15) is 43.2 Å². The lowest BCUT2D eigenvalue weighted by molar-refractivity contribution is 0.987.